The summed E-state index contributed by atoms with van der Waals surface area (Å²) in [6, 6.07) is 0. The first-order valence-corrected chi connectivity index (χ1v) is 6.28. The van der Waals surface area contributed by atoms with Gasteiger partial charge in [0.2, 0.25) is 0 Å². The topological polar surface area (TPSA) is 0 Å². The fraction of sp³-hybridized carbons (Fsp3) is 1.00. The van der Waals surface area contributed by atoms with Crippen molar-refractivity contribution in [1.29, 1.82) is 0 Å². The first-order valence-electron chi connectivity index (χ1n) is 4.07. The molecule has 0 unspecified atom stereocenters. The number of hydrogen-bond donors (Lipinski definition) is 0. The fourth-order valence-electron chi connectivity index (χ4n) is 0.677. The van der Waals surface area contributed by atoms with Crippen LogP contribution in [0.25, 0.3) is 0 Å². The second-order valence-corrected chi connectivity index (χ2v) is 3.87. The van der Waals surface area contributed by atoms with Crippen LogP contribution < -0.4 is 0 Å². The third-order valence-corrected chi connectivity index (χ3v) is 2.31. The number of rotatable bonds is 4. The molecule has 0 amide bonds. The normalized spacial score (nSPS) is 8.55. The van der Waals surface area contributed by atoms with Gasteiger partial charge in [0.1, 0.15) is 0 Å². The van der Waals surface area contributed by atoms with Crippen molar-refractivity contribution in [3.63, 3.8) is 0 Å². The molecule has 0 N–H and O–H groups in total. The molecule has 0 aromatic rings. The van der Waals surface area contributed by atoms with E-state index in [0.29, 0.717) is 0 Å². The third-order valence-electron chi connectivity index (χ3n) is 1.21. The Morgan fingerprint density at radius 2 is 1.55 bits per heavy atom. The minimum absolute atomic E-state index is 1.11. The molecule has 0 heterocycles. The molecule has 0 spiro atoms. The Hall–Kier alpha value is 1.49. The van der Waals surface area contributed by atoms with Gasteiger partial charge in [-0.05, 0) is 0 Å². The smallest absolute Gasteiger partial charge is 0.254 e. The monoisotopic (exact) mass is 192 g/mol. The van der Waals surface area contributed by atoms with Crippen LogP contribution in [0.2, 0.25) is 0.515 Å². The number of unbranched alkanes of at least 4 members (excludes halogenated alkanes) is 3. The predicted octanol–water partition coefficient (Wildman–Crippen LogP) is 3.03. The van der Waals surface area contributed by atoms with Crippen LogP contribution in [0.4, 0.5) is 12.9 Å². The van der Waals surface area contributed by atoms with Gasteiger partial charge in [-0.25, -0.2) is 0 Å². The number of hydrogen-bond acceptors (Lipinski definition) is 0. The molecule has 0 aliphatic carbocycles. The average molecular weight is 192 g/mol. The quantitative estimate of drug-likeness (QED) is 0.474. The Labute approximate surface area is 101 Å². The molecule has 0 nitrogen and oxygen atoms in total. The molecule has 0 aliphatic rings. The van der Waals surface area contributed by atoms with Crippen LogP contribution in [0.3, 0.4) is 0 Å². The Morgan fingerprint density at radius 3 is 1.82 bits per heavy atom. The third kappa shape index (κ3) is 34.3. The van der Waals surface area contributed by atoms with Crippen molar-refractivity contribution in [3.05, 3.63) is 0 Å². The summed E-state index contributed by atoms with van der Waals surface area (Å²) in [6.45, 7) is 2.26. The molecule has 0 radical (unpaired) electrons. The van der Waals surface area contributed by atoms with E-state index in [9.17, 15) is 12.9 Å². The Balaban J connectivity index is 0. The average Bonchev–Trinajstić information content (AvgIpc) is 1.88. The van der Waals surface area contributed by atoms with Crippen molar-refractivity contribution >= 4 is 56.5 Å². The minimum atomic E-state index is -3.67. The molecule has 0 saturated heterocycles. The summed E-state index contributed by atoms with van der Waals surface area (Å²) >= 11 is 1.11. The summed E-state index contributed by atoms with van der Waals surface area (Å²) in [7, 11) is -3.67. The van der Waals surface area contributed by atoms with E-state index in [1.807, 2.05) is 0 Å². The van der Waals surface area contributed by atoms with Gasteiger partial charge in [0.05, 0.1) is 0 Å². The van der Waals surface area contributed by atoms with Gasteiger partial charge in [-0.15, -0.1) is 0 Å². The summed E-state index contributed by atoms with van der Waals surface area (Å²) in [5.41, 5.74) is 0. The maximum absolute atomic E-state index is 9.67. The molecule has 0 bridgehead atoms. The molecule has 0 atom stereocenters. The van der Waals surface area contributed by atoms with E-state index in [1.54, 1.807) is 0.515 Å². The summed E-state index contributed by atoms with van der Waals surface area (Å²) in [5, 5.41) is 0. The Morgan fingerprint density at radius 1 is 1.09 bits per heavy atom. The second kappa shape index (κ2) is 14.0. The Kier molecular flexibility index (Phi) is 19.1. The molecular formula is C6H13BF3K. The summed E-state index contributed by atoms with van der Waals surface area (Å²) < 4.78 is 30.5. The van der Waals surface area contributed by atoms with E-state index >= 15 is 0 Å². The van der Waals surface area contributed by atoms with Crippen LogP contribution >= 0.6 is 0 Å². The first kappa shape index (κ1) is 15.0. The number of halogens is 3. The zero-order valence-corrected chi connectivity index (χ0v) is 10.4. The molecule has 0 saturated carbocycles. The molecule has 0 aliphatic heterocycles. The van der Waals surface area contributed by atoms with Gasteiger partial charge in [-0.1, -0.05) is 0 Å². The van der Waals surface area contributed by atoms with E-state index in [-0.39, 0.29) is 0 Å². The van der Waals surface area contributed by atoms with Crippen LogP contribution in [-0.2, 0) is 0 Å². The van der Waals surface area contributed by atoms with Crippen LogP contribution in [0.1, 0.15) is 32.6 Å². The van der Waals surface area contributed by atoms with Gasteiger partial charge in [-0.3, -0.25) is 12.9 Å². The molecule has 11 heavy (non-hydrogen) atoms. The van der Waals surface area contributed by atoms with Crippen LogP contribution in [0, 0.1) is 0 Å². The first-order chi connectivity index (χ1) is 5.15. The molecule has 0 aromatic carbocycles. The molecular weight excluding hydrogens is 179 g/mol. The van der Waals surface area contributed by atoms with Crippen molar-refractivity contribution < 1.29 is 12.9 Å². The summed E-state index contributed by atoms with van der Waals surface area (Å²) in [6.07, 6.45) is 5.83. The van der Waals surface area contributed by atoms with Crippen molar-refractivity contribution in [3.8, 4) is 0 Å². The van der Waals surface area contributed by atoms with Gasteiger partial charge in [0.15, 0.2) is 0 Å². The van der Waals surface area contributed by atoms with Crippen molar-refractivity contribution in [2.45, 2.75) is 33.1 Å². The Bertz CT molecular complexity index is 57.0. The minimum Gasteiger partial charge on any atom is -0.254 e. The summed E-state index contributed by atoms with van der Waals surface area (Å²) in [4.78, 5) is 0. The van der Waals surface area contributed by atoms with Crippen LogP contribution in [0.15, 0.2) is 0 Å². The summed E-state index contributed by atoms with van der Waals surface area (Å²) in [5.74, 6) is 0. The maximum Gasteiger partial charge on any atom is 0.762 e. The van der Waals surface area contributed by atoms with Crippen molar-refractivity contribution in [2.24, 2.45) is 0 Å². The SMILES string of the molecule is CCCCC[CH2][K].FB(F)F. The van der Waals surface area contributed by atoms with E-state index in [0.717, 1.165) is 49.0 Å². The standard InChI is InChI=1S/C6H13.BF3.K/c1-3-5-6-4-2;2-1(3)4;/h1,3-6H2,2H3;;. The van der Waals surface area contributed by atoms with E-state index in [4.69, 9.17) is 0 Å². The predicted molar refractivity (Wildman–Crippen MR) is 43.8 cm³/mol. The van der Waals surface area contributed by atoms with Crippen molar-refractivity contribution in [1.82, 2.24) is 0 Å². The zero-order valence-electron chi connectivity index (χ0n) is 7.25. The fourth-order valence-corrected chi connectivity index (χ4v) is 1.46. The maximum atomic E-state index is 9.67. The van der Waals surface area contributed by atoms with E-state index in [2.05, 4.69) is 6.92 Å². The second-order valence-electron chi connectivity index (χ2n) is 2.31. The molecule has 62 valence electrons. The van der Waals surface area contributed by atoms with E-state index < -0.39 is 7.54 Å². The molecule has 5 heteroatoms. The molecule has 0 aromatic heterocycles. The van der Waals surface area contributed by atoms with Gasteiger partial charge < -0.3 is 0 Å². The van der Waals surface area contributed by atoms with Crippen molar-refractivity contribution in [2.75, 3.05) is 0 Å². The van der Waals surface area contributed by atoms with Gasteiger partial charge in [0.25, 0.3) is 0 Å². The molecule has 0 rings (SSSR count). The van der Waals surface area contributed by atoms with Crippen LogP contribution in [0.5, 0.6) is 0 Å². The zero-order chi connectivity index (χ0) is 9.11. The molecule has 0 fully saturated rings. The van der Waals surface area contributed by atoms with Gasteiger partial charge >= 0.3 is 89.6 Å². The van der Waals surface area contributed by atoms with Gasteiger partial charge in [0, 0.05) is 0 Å². The van der Waals surface area contributed by atoms with E-state index in [1.165, 1.54) is 25.7 Å². The largest absolute Gasteiger partial charge is 0.762 e. The van der Waals surface area contributed by atoms with Gasteiger partial charge in [-0.2, -0.15) is 0 Å². The van der Waals surface area contributed by atoms with Crippen LogP contribution in [-0.4, -0.2) is 56.5 Å².